The van der Waals surface area contributed by atoms with E-state index in [0.717, 1.165) is 12.8 Å². The largest absolute Gasteiger partial charge is 0.377 e. The summed E-state index contributed by atoms with van der Waals surface area (Å²) in [6.45, 7) is 4.37. The van der Waals surface area contributed by atoms with Crippen molar-refractivity contribution in [3.8, 4) is 0 Å². The standard InChI is InChI=1S/C18H20ClNO2/c1-10-6-5-7-11(2)15(10)20-16-14(19)17(21)12-8-3-4-9-13(12)18(16)22/h3-4,8-11,15,20H,5-7H2,1-2H3/t10-,11-/m0/s1. The topological polar surface area (TPSA) is 46.2 Å². The first-order valence-corrected chi connectivity index (χ1v) is 8.23. The lowest BCUT2D eigenvalue weighted by atomic mass is 9.78. The lowest BCUT2D eigenvalue weighted by Gasteiger charge is -2.37. The highest BCUT2D eigenvalue weighted by Gasteiger charge is 2.35. The van der Waals surface area contributed by atoms with E-state index in [1.54, 1.807) is 24.3 Å². The van der Waals surface area contributed by atoms with E-state index in [1.807, 2.05) is 0 Å². The predicted molar refractivity (Wildman–Crippen MR) is 87.1 cm³/mol. The molecule has 2 atom stereocenters. The van der Waals surface area contributed by atoms with Gasteiger partial charge < -0.3 is 5.32 Å². The van der Waals surface area contributed by atoms with Crippen LogP contribution in [0.4, 0.5) is 0 Å². The van der Waals surface area contributed by atoms with Crippen LogP contribution < -0.4 is 5.32 Å². The molecule has 1 fully saturated rings. The van der Waals surface area contributed by atoms with Crippen LogP contribution in [-0.4, -0.2) is 17.6 Å². The molecule has 0 aromatic heterocycles. The lowest BCUT2D eigenvalue weighted by Crippen LogP contribution is -2.45. The van der Waals surface area contributed by atoms with Crippen LogP contribution >= 0.6 is 11.6 Å². The number of rotatable bonds is 2. The summed E-state index contributed by atoms with van der Waals surface area (Å²) < 4.78 is 0. The fourth-order valence-electron chi connectivity index (χ4n) is 3.61. The molecule has 4 heteroatoms. The highest BCUT2D eigenvalue weighted by atomic mass is 35.5. The zero-order valence-corrected chi connectivity index (χ0v) is 13.6. The van der Waals surface area contributed by atoms with Crippen LogP contribution in [0.15, 0.2) is 35.0 Å². The normalized spacial score (nSPS) is 26.1. The number of allylic oxidation sites excluding steroid dienone is 2. The zero-order chi connectivity index (χ0) is 15.9. The van der Waals surface area contributed by atoms with Gasteiger partial charge in [-0.3, -0.25) is 9.59 Å². The molecule has 0 amide bonds. The average Bonchev–Trinajstić information content (AvgIpc) is 2.52. The first-order chi connectivity index (χ1) is 10.5. The van der Waals surface area contributed by atoms with Crippen molar-refractivity contribution < 1.29 is 9.59 Å². The fourth-order valence-corrected chi connectivity index (χ4v) is 3.85. The van der Waals surface area contributed by atoms with Crippen molar-refractivity contribution in [3.63, 3.8) is 0 Å². The molecule has 0 aliphatic heterocycles. The van der Waals surface area contributed by atoms with Crippen LogP contribution in [-0.2, 0) is 0 Å². The van der Waals surface area contributed by atoms with Crippen LogP contribution in [0.5, 0.6) is 0 Å². The third-order valence-electron chi connectivity index (χ3n) is 4.92. The summed E-state index contributed by atoms with van der Waals surface area (Å²) in [6.07, 6.45) is 3.47. The van der Waals surface area contributed by atoms with Gasteiger partial charge in [0, 0.05) is 17.2 Å². The molecule has 3 rings (SSSR count). The molecule has 1 aromatic rings. The molecule has 0 spiro atoms. The first-order valence-electron chi connectivity index (χ1n) is 7.85. The van der Waals surface area contributed by atoms with E-state index in [1.165, 1.54) is 6.42 Å². The second-order valence-corrected chi connectivity index (χ2v) is 6.83. The van der Waals surface area contributed by atoms with E-state index >= 15 is 0 Å². The molecule has 0 saturated heterocycles. The number of benzene rings is 1. The maximum atomic E-state index is 12.7. The SMILES string of the molecule is C[C@H]1CCC[C@H](C)C1NC1=C(Cl)C(=O)c2ccccc2C1=O. The Kier molecular flexibility index (Phi) is 4.09. The summed E-state index contributed by atoms with van der Waals surface area (Å²) >= 11 is 6.22. The average molecular weight is 318 g/mol. The smallest absolute Gasteiger partial charge is 0.211 e. The molecule has 0 radical (unpaired) electrons. The number of hydrogen-bond donors (Lipinski definition) is 1. The maximum Gasteiger partial charge on any atom is 0.211 e. The number of halogens is 1. The molecular weight excluding hydrogens is 298 g/mol. The number of carbonyl (C=O) groups excluding carboxylic acids is 2. The number of nitrogens with one attached hydrogen (secondary N) is 1. The molecule has 2 aliphatic rings. The minimum Gasteiger partial charge on any atom is -0.377 e. The Bertz CT molecular complexity index is 655. The Morgan fingerprint density at radius 2 is 1.55 bits per heavy atom. The van der Waals surface area contributed by atoms with Gasteiger partial charge in [-0.05, 0) is 24.7 Å². The minimum absolute atomic E-state index is 0.0219. The Morgan fingerprint density at radius 1 is 1.00 bits per heavy atom. The quantitative estimate of drug-likeness (QED) is 0.899. The van der Waals surface area contributed by atoms with Gasteiger partial charge in [-0.15, -0.1) is 0 Å². The van der Waals surface area contributed by atoms with Gasteiger partial charge in [-0.1, -0.05) is 56.1 Å². The molecule has 0 bridgehead atoms. The fraction of sp³-hybridized carbons (Fsp3) is 0.444. The Labute approximate surface area is 135 Å². The number of ketones is 2. The van der Waals surface area contributed by atoms with E-state index in [0.29, 0.717) is 23.0 Å². The summed E-state index contributed by atoms with van der Waals surface area (Å²) in [5, 5.41) is 3.33. The van der Waals surface area contributed by atoms with Crippen molar-refractivity contribution in [1.29, 1.82) is 0 Å². The highest BCUT2D eigenvalue weighted by Crippen LogP contribution is 2.32. The van der Waals surface area contributed by atoms with E-state index < -0.39 is 0 Å². The van der Waals surface area contributed by atoms with Crippen LogP contribution in [0, 0.1) is 11.8 Å². The van der Waals surface area contributed by atoms with Crippen molar-refractivity contribution >= 4 is 23.2 Å². The maximum absolute atomic E-state index is 12.7. The molecular formula is C18H20ClNO2. The Morgan fingerprint density at radius 3 is 2.14 bits per heavy atom. The molecule has 116 valence electrons. The first kappa shape index (κ1) is 15.3. The third-order valence-corrected chi connectivity index (χ3v) is 5.28. The van der Waals surface area contributed by atoms with E-state index in [-0.39, 0.29) is 28.3 Å². The Hall–Kier alpha value is -1.61. The predicted octanol–water partition coefficient (Wildman–Crippen LogP) is 3.93. The second kappa shape index (κ2) is 5.88. The molecule has 2 aliphatic carbocycles. The summed E-state index contributed by atoms with van der Waals surface area (Å²) in [4.78, 5) is 25.1. The zero-order valence-electron chi connectivity index (χ0n) is 12.9. The van der Waals surface area contributed by atoms with Crippen molar-refractivity contribution in [1.82, 2.24) is 5.32 Å². The number of carbonyl (C=O) groups is 2. The molecule has 1 saturated carbocycles. The van der Waals surface area contributed by atoms with E-state index in [2.05, 4.69) is 19.2 Å². The van der Waals surface area contributed by atoms with Crippen LogP contribution in [0.3, 0.4) is 0 Å². The summed E-state index contributed by atoms with van der Waals surface area (Å²) in [5.74, 6) is 0.474. The summed E-state index contributed by atoms with van der Waals surface area (Å²) in [7, 11) is 0. The van der Waals surface area contributed by atoms with Crippen molar-refractivity contribution in [2.24, 2.45) is 11.8 Å². The van der Waals surface area contributed by atoms with E-state index in [9.17, 15) is 9.59 Å². The van der Waals surface area contributed by atoms with Gasteiger partial charge in [0.25, 0.3) is 0 Å². The van der Waals surface area contributed by atoms with Crippen LogP contribution in [0.1, 0.15) is 53.8 Å². The molecule has 0 unspecified atom stereocenters. The number of fused-ring (bicyclic) bond motifs is 1. The molecule has 0 heterocycles. The number of hydrogen-bond acceptors (Lipinski definition) is 3. The van der Waals surface area contributed by atoms with Crippen LogP contribution in [0.25, 0.3) is 0 Å². The summed E-state index contributed by atoms with van der Waals surface area (Å²) in [5.41, 5.74) is 1.11. The van der Waals surface area contributed by atoms with Gasteiger partial charge in [0.2, 0.25) is 11.6 Å². The summed E-state index contributed by atoms with van der Waals surface area (Å²) in [6, 6.07) is 7.04. The van der Waals surface area contributed by atoms with Gasteiger partial charge in [0.1, 0.15) is 10.7 Å². The van der Waals surface area contributed by atoms with Crippen LogP contribution in [0.2, 0.25) is 0 Å². The Balaban J connectivity index is 1.95. The highest BCUT2D eigenvalue weighted by molar-refractivity contribution is 6.49. The van der Waals surface area contributed by atoms with Crippen molar-refractivity contribution in [2.45, 2.75) is 39.2 Å². The van der Waals surface area contributed by atoms with E-state index in [4.69, 9.17) is 11.6 Å². The molecule has 3 nitrogen and oxygen atoms in total. The van der Waals surface area contributed by atoms with Gasteiger partial charge in [-0.25, -0.2) is 0 Å². The van der Waals surface area contributed by atoms with Gasteiger partial charge in [0.15, 0.2) is 0 Å². The van der Waals surface area contributed by atoms with Gasteiger partial charge >= 0.3 is 0 Å². The molecule has 1 N–H and O–H groups in total. The molecule has 1 aromatic carbocycles. The van der Waals surface area contributed by atoms with Crippen molar-refractivity contribution in [2.75, 3.05) is 0 Å². The van der Waals surface area contributed by atoms with Gasteiger partial charge in [0.05, 0.1) is 0 Å². The minimum atomic E-state index is -0.268. The number of Topliss-reactive ketones (excluding diaryl/α,β-unsaturated/α-hetero) is 2. The van der Waals surface area contributed by atoms with Crippen molar-refractivity contribution in [3.05, 3.63) is 46.1 Å². The lowest BCUT2D eigenvalue weighted by molar-refractivity contribution is 0.0965. The monoisotopic (exact) mass is 317 g/mol. The second-order valence-electron chi connectivity index (χ2n) is 6.45. The molecule has 22 heavy (non-hydrogen) atoms. The third kappa shape index (κ3) is 2.48. The van der Waals surface area contributed by atoms with Gasteiger partial charge in [-0.2, -0.15) is 0 Å².